The van der Waals surface area contributed by atoms with Crippen molar-refractivity contribution in [1.82, 2.24) is 5.32 Å². The molecule has 0 spiro atoms. The number of benzene rings is 1. The van der Waals surface area contributed by atoms with Gasteiger partial charge in [-0.25, -0.2) is 13.6 Å². The summed E-state index contributed by atoms with van der Waals surface area (Å²) in [5, 5.41) is 7.61. The molecule has 3 N–H and O–H groups in total. The summed E-state index contributed by atoms with van der Waals surface area (Å²) < 4.78 is 22.0. The van der Waals surface area contributed by atoms with Gasteiger partial charge in [-0.15, -0.1) is 6.58 Å². The minimum Gasteiger partial charge on any atom is -0.352 e. The Morgan fingerprint density at radius 2 is 1.94 bits per heavy atom. The molecule has 6 heteroatoms. The number of hydrogen-bond acceptors (Lipinski definition) is 3. The van der Waals surface area contributed by atoms with Crippen molar-refractivity contribution in [2.75, 3.05) is 6.54 Å². The van der Waals surface area contributed by atoms with Gasteiger partial charge in [0.05, 0.1) is 4.90 Å². The second-order valence-electron chi connectivity index (χ2n) is 3.40. The topological polar surface area (TPSA) is 89.3 Å². The number of amides is 1. The summed E-state index contributed by atoms with van der Waals surface area (Å²) in [6.07, 6.45) is 2.38. The molecule has 0 unspecified atom stereocenters. The van der Waals surface area contributed by atoms with Crippen molar-refractivity contribution < 1.29 is 13.2 Å². The zero-order valence-corrected chi connectivity index (χ0v) is 10.0. The maximum atomic E-state index is 11.6. The molecule has 0 aliphatic rings. The van der Waals surface area contributed by atoms with Crippen LogP contribution in [0.4, 0.5) is 0 Å². The van der Waals surface area contributed by atoms with E-state index in [9.17, 15) is 13.2 Å². The van der Waals surface area contributed by atoms with Crippen LogP contribution in [0.25, 0.3) is 0 Å². The van der Waals surface area contributed by atoms with Gasteiger partial charge in [0, 0.05) is 12.1 Å². The molecule has 0 bridgehead atoms. The van der Waals surface area contributed by atoms with Gasteiger partial charge < -0.3 is 5.32 Å². The van der Waals surface area contributed by atoms with Gasteiger partial charge in [0.2, 0.25) is 10.0 Å². The molecule has 92 valence electrons. The molecule has 0 aromatic heterocycles. The normalized spacial score (nSPS) is 10.9. The van der Waals surface area contributed by atoms with Crippen molar-refractivity contribution >= 4 is 15.9 Å². The molecule has 0 saturated heterocycles. The van der Waals surface area contributed by atoms with E-state index < -0.39 is 10.0 Å². The van der Waals surface area contributed by atoms with Crippen LogP contribution in [0.1, 0.15) is 16.8 Å². The van der Waals surface area contributed by atoms with Gasteiger partial charge in [0.25, 0.3) is 5.91 Å². The Balaban J connectivity index is 2.74. The van der Waals surface area contributed by atoms with Crippen LogP contribution in [-0.2, 0) is 10.0 Å². The summed E-state index contributed by atoms with van der Waals surface area (Å²) in [5.74, 6) is -0.257. The second-order valence-corrected chi connectivity index (χ2v) is 4.96. The largest absolute Gasteiger partial charge is 0.352 e. The number of nitrogens with one attached hydrogen (secondary N) is 1. The van der Waals surface area contributed by atoms with E-state index in [1.165, 1.54) is 24.3 Å². The van der Waals surface area contributed by atoms with Gasteiger partial charge in [-0.2, -0.15) is 0 Å². The molecule has 0 fully saturated rings. The minimum absolute atomic E-state index is 0.0138. The standard InChI is InChI=1S/C11H14N2O3S/c1-2-3-8-13-11(14)9-4-6-10(7-5-9)17(12,15)16/h2,4-7H,1,3,8H2,(H,13,14)(H2,12,15,16). The van der Waals surface area contributed by atoms with E-state index in [-0.39, 0.29) is 10.8 Å². The molecule has 17 heavy (non-hydrogen) atoms. The molecular formula is C11H14N2O3S. The Morgan fingerprint density at radius 1 is 1.35 bits per heavy atom. The highest BCUT2D eigenvalue weighted by molar-refractivity contribution is 7.89. The highest BCUT2D eigenvalue weighted by Gasteiger charge is 2.09. The van der Waals surface area contributed by atoms with Gasteiger partial charge in [0.1, 0.15) is 0 Å². The van der Waals surface area contributed by atoms with Crippen LogP contribution in [0.15, 0.2) is 41.8 Å². The third kappa shape index (κ3) is 4.01. The molecule has 0 radical (unpaired) electrons. The van der Waals surface area contributed by atoms with Crippen molar-refractivity contribution in [3.8, 4) is 0 Å². The molecule has 1 amide bonds. The fourth-order valence-corrected chi connectivity index (χ4v) is 1.70. The zero-order chi connectivity index (χ0) is 12.9. The van der Waals surface area contributed by atoms with Crippen LogP contribution in [0.5, 0.6) is 0 Å². The predicted octanol–water partition coefficient (Wildman–Crippen LogP) is 0.640. The average molecular weight is 254 g/mol. The smallest absolute Gasteiger partial charge is 0.251 e. The van der Waals surface area contributed by atoms with E-state index in [0.29, 0.717) is 18.5 Å². The van der Waals surface area contributed by atoms with Crippen LogP contribution < -0.4 is 10.5 Å². The average Bonchev–Trinajstić information content (AvgIpc) is 2.28. The van der Waals surface area contributed by atoms with Gasteiger partial charge in [-0.3, -0.25) is 4.79 Å². The lowest BCUT2D eigenvalue weighted by Crippen LogP contribution is -2.24. The van der Waals surface area contributed by atoms with E-state index in [1.54, 1.807) is 6.08 Å². The lowest BCUT2D eigenvalue weighted by molar-refractivity contribution is 0.0954. The number of carbonyl (C=O) groups excluding carboxylic acids is 1. The summed E-state index contributed by atoms with van der Waals surface area (Å²) in [5.41, 5.74) is 0.390. The highest BCUT2D eigenvalue weighted by atomic mass is 32.2. The lowest BCUT2D eigenvalue weighted by Gasteiger charge is -2.04. The van der Waals surface area contributed by atoms with E-state index in [4.69, 9.17) is 5.14 Å². The third-order valence-corrected chi connectivity index (χ3v) is 3.01. The van der Waals surface area contributed by atoms with Crippen LogP contribution in [0.3, 0.4) is 0 Å². The molecule has 1 rings (SSSR count). The summed E-state index contributed by atoms with van der Waals surface area (Å²) in [7, 11) is -3.71. The molecule has 0 heterocycles. The van der Waals surface area contributed by atoms with Crippen LogP contribution >= 0.6 is 0 Å². The molecular weight excluding hydrogens is 240 g/mol. The Hall–Kier alpha value is -1.66. The lowest BCUT2D eigenvalue weighted by atomic mass is 10.2. The zero-order valence-electron chi connectivity index (χ0n) is 9.22. The van der Waals surface area contributed by atoms with Crippen molar-refractivity contribution in [2.45, 2.75) is 11.3 Å². The van der Waals surface area contributed by atoms with E-state index >= 15 is 0 Å². The summed E-state index contributed by atoms with van der Waals surface area (Å²) in [4.78, 5) is 11.5. The maximum Gasteiger partial charge on any atom is 0.251 e. The summed E-state index contributed by atoms with van der Waals surface area (Å²) >= 11 is 0. The molecule has 1 aromatic carbocycles. The first-order valence-electron chi connectivity index (χ1n) is 4.97. The summed E-state index contributed by atoms with van der Waals surface area (Å²) in [6, 6.07) is 5.45. The Bertz CT molecular complexity index is 506. The van der Waals surface area contributed by atoms with Crippen LogP contribution in [0.2, 0.25) is 0 Å². The molecule has 0 saturated carbocycles. The molecule has 0 atom stereocenters. The van der Waals surface area contributed by atoms with Gasteiger partial charge >= 0.3 is 0 Å². The highest BCUT2D eigenvalue weighted by Crippen LogP contribution is 2.08. The Labute approximate surface area is 100 Å². The van der Waals surface area contributed by atoms with Gasteiger partial charge in [-0.05, 0) is 30.7 Å². The fraction of sp³-hybridized carbons (Fsp3) is 0.182. The number of sulfonamides is 1. The monoisotopic (exact) mass is 254 g/mol. The quantitative estimate of drug-likeness (QED) is 0.597. The van der Waals surface area contributed by atoms with E-state index in [0.717, 1.165) is 0 Å². The summed E-state index contributed by atoms with van der Waals surface area (Å²) in [6.45, 7) is 4.04. The van der Waals surface area contributed by atoms with Gasteiger partial charge in [0.15, 0.2) is 0 Å². The molecule has 0 aliphatic heterocycles. The predicted molar refractivity (Wildman–Crippen MR) is 65.0 cm³/mol. The van der Waals surface area contributed by atoms with Crippen molar-refractivity contribution in [3.63, 3.8) is 0 Å². The second kappa shape index (κ2) is 5.60. The fourth-order valence-electron chi connectivity index (χ4n) is 1.19. The number of hydrogen-bond donors (Lipinski definition) is 2. The Kier molecular flexibility index (Phi) is 4.42. The first kappa shape index (κ1) is 13.4. The third-order valence-electron chi connectivity index (χ3n) is 2.08. The number of nitrogens with two attached hydrogens (primary N) is 1. The van der Waals surface area contributed by atoms with Crippen molar-refractivity contribution in [2.24, 2.45) is 5.14 Å². The van der Waals surface area contributed by atoms with Crippen molar-refractivity contribution in [1.29, 1.82) is 0 Å². The Morgan fingerprint density at radius 3 is 2.41 bits per heavy atom. The molecule has 5 nitrogen and oxygen atoms in total. The van der Waals surface area contributed by atoms with Crippen LogP contribution in [-0.4, -0.2) is 20.9 Å². The van der Waals surface area contributed by atoms with E-state index in [1.807, 2.05) is 0 Å². The number of primary sulfonamides is 1. The number of carbonyl (C=O) groups is 1. The molecule has 0 aliphatic carbocycles. The molecule has 1 aromatic rings. The van der Waals surface area contributed by atoms with Crippen LogP contribution in [0, 0.1) is 0 Å². The number of rotatable bonds is 5. The first-order valence-corrected chi connectivity index (χ1v) is 6.52. The minimum atomic E-state index is -3.71. The maximum absolute atomic E-state index is 11.6. The van der Waals surface area contributed by atoms with Crippen molar-refractivity contribution in [3.05, 3.63) is 42.5 Å². The SMILES string of the molecule is C=CCCNC(=O)c1ccc(S(N)(=O)=O)cc1. The first-order chi connectivity index (χ1) is 7.95. The van der Waals surface area contributed by atoms with E-state index in [2.05, 4.69) is 11.9 Å². The van der Waals surface area contributed by atoms with Gasteiger partial charge in [-0.1, -0.05) is 6.08 Å².